The van der Waals surface area contributed by atoms with E-state index in [9.17, 15) is 28.1 Å². The fraction of sp³-hybridized carbons (Fsp3) is 0.438. The predicted molar refractivity (Wildman–Crippen MR) is 99.8 cm³/mol. The van der Waals surface area contributed by atoms with E-state index < -0.39 is 38.1 Å². The number of nitro benzene ring substituents is 1. The molecule has 13 heteroatoms. The molecule has 0 aliphatic rings. The van der Waals surface area contributed by atoms with Gasteiger partial charge in [-0.25, -0.2) is 18.1 Å². The highest BCUT2D eigenvalue weighted by atomic mass is 32.2. The quantitative estimate of drug-likeness (QED) is 0.221. The summed E-state index contributed by atoms with van der Waals surface area (Å²) >= 11 is 0. The van der Waals surface area contributed by atoms with Gasteiger partial charge in [-0.1, -0.05) is 12.5 Å². The van der Waals surface area contributed by atoms with Crippen LogP contribution >= 0.6 is 0 Å². The zero-order valence-electron chi connectivity index (χ0n) is 15.2. The van der Waals surface area contributed by atoms with Gasteiger partial charge in [0.2, 0.25) is 5.16 Å². The molecule has 1 aromatic heterocycles. The van der Waals surface area contributed by atoms with Gasteiger partial charge in [0.15, 0.2) is 5.52 Å². The number of non-ortho nitro benzene ring substituents is 1. The molecule has 0 amide bonds. The Hall–Kier alpha value is -3.06. The Morgan fingerprint density at radius 1 is 1.17 bits per heavy atom. The van der Waals surface area contributed by atoms with E-state index in [1.807, 2.05) is 0 Å². The van der Waals surface area contributed by atoms with Gasteiger partial charge in [-0.3, -0.25) is 19.7 Å². The van der Waals surface area contributed by atoms with Crippen LogP contribution in [0.1, 0.15) is 38.5 Å². The number of carboxylic acid groups (broad SMARTS) is 2. The lowest BCUT2D eigenvalue weighted by Gasteiger charge is -2.17. The Bertz CT molecular complexity index is 1020. The van der Waals surface area contributed by atoms with Crippen LogP contribution in [0.3, 0.4) is 0 Å². The third kappa shape index (κ3) is 6.22. The molecule has 0 bridgehead atoms. The molecular weight excluding hydrogens is 408 g/mol. The van der Waals surface area contributed by atoms with Crippen molar-refractivity contribution in [1.29, 1.82) is 0 Å². The molecule has 0 aliphatic heterocycles. The average Bonchev–Trinajstić information content (AvgIpc) is 3.07. The van der Waals surface area contributed by atoms with Gasteiger partial charge in [-0.15, -0.1) is 0 Å². The first-order valence-corrected chi connectivity index (χ1v) is 10.2. The van der Waals surface area contributed by atoms with Crippen LogP contribution in [0.25, 0.3) is 11.0 Å². The Labute approximate surface area is 165 Å². The third-order valence-corrected chi connectivity index (χ3v) is 5.49. The summed E-state index contributed by atoms with van der Waals surface area (Å²) in [5, 5.41) is 28.1. The summed E-state index contributed by atoms with van der Waals surface area (Å²) in [7, 11) is -4.21. The van der Waals surface area contributed by atoms with Crippen molar-refractivity contribution >= 4 is 38.7 Å². The number of unbranched alkanes of at least 4 members (excludes halogenated alkanes) is 1. The summed E-state index contributed by atoms with van der Waals surface area (Å²) in [4.78, 5) is 38.2. The molecule has 0 radical (unpaired) electrons. The third-order valence-electron chi connectivity index (χ3n) is 4.14. The normalized spacial score (nSPS) is 12.7. The lowest BCUT2D eigenvalue weighted by Crippen LogP contribution is -2.36. The second-order valence-corrected chi connectivity index (χ2v) is 7.99. The molecule has 4 N–H and O–H groups in total. The van der Waals surface area contributed by atoms with Gasteiger partial charge in [-0.2, -0.15) is 0 Å². The molecule has 29 heavy (non-hydrogen) atoms. The van der Waals surface area contributed by atoms with Gasteiger partial charge >= 0.3 is 11.9 Å². The van der Waals surface area contributed by atoms with Gasteiger partial charge in [0, 0.05) is 24.9 Å². The molecule has 0 aliphatic carbocycles. The van der Waals surface area contributed by atoms with Crippen molar-refractivity contribution in [1.82, 2.24) is 14.7 Å². The maximum Gasteiger partial charge on any atom is 0.303 e. The minimum absolute atomic E-state index is 0.00199. The fourth-order valence-electron chi connectivity index (χ4n) is 2.77. The highest BCUT2D eigenvalue weighted by molar-refractivity contribution is 7.89. The first-order valence-electron chi connectivity index (χ1n) is 8.69. The van der Waals surface area contributed by atoms with E-state index in [2.05, 4.69) is 14.7 Å². The number of aliphatic carboxylic acids is 2. The molecule has 0 saturated carbocycles. The topological polar surface area (TPSA) is 193 Å². The molecule has 0 saturated heterocycles. The van der Waals surface area contributed by atoms with Crippen molar-refractivity contribution in [3.63, 3.8) is 0 Å². The number of fused-ring (bicyclic) bond motifs is 1. The summed E-state index contributed by atoms with van der Waals surface area (Å²) < 4.78 is 27.7. The van der Waals surface area contributed by atoms with E-state index in [0.717, 1.165) is 0 Å². The summed E-state index contributed by atoms with van der Waals surface area (Å²) in [6.45, 7) is 0. The number of H-pyrrole nitrogens is 1. The molecule has 1 atom stereocenters. The van der Waals surface area contributed by atoms with E-state index in [-0.39, 0.29) is 42.4 Å². The van der Waals surface area contributed by atoms with Gasteiger partial charge in [0.1, 0.15) is 0 Å². The molecule has 2 rings (SSSR count). The summed E-state index contributed by atoms with van der Waals surface area (Å²) in [5.74, 6) is -2.07. The van der Waals surface area contributed by atoms with Crippen LogP contribution in [-0.4, -0.2) is 51.5 Å². The number of para-hydroxylation sites is 1. The second kappa shape index (κ2) is 9.43. The lowest BCUT2D eigenvalue weighted by molar-refractivity contribution is -0.383. The number of rotatable bonds is 12. The molecular formula is C16H20N4O8S. The first-order chi connectivity index (χ1) is 13.6. The minimum Gasteiger partial charge on any atom is -0.481 e. The number of nitrogens with zero attached hydrogens (tertiary/aromatic N) is 2. The zero-order valence-corrected chi connectivity index (χ0v) is 16.0. The summed E-state index contributed by atoms with van der Waals surface area (Å²) in [6.07, 6.45) is 0.577. The molecule has 1 heterocycles. The summed E-state index contributed by atoms with van der Waals surface area (Å²) in [6, 6.07) is 3.28. The Morgan fingerprint density at radius 2 is 1.86 bits per heavy atom. The van der Waals surface area contributed by atoms with Crippen molar-refractivity contribution in [2.75, 3.05) is 0 Å². The number of nitrogens with one attached hydrogen (secondary N) is 2. The predicted octanol–water partition coefficient (Wildman–Crippen LogP) is 1.63. The molecule has 1 aromatic carbocycles. The van der Waals surface area contributed by atoms with Crippen LogP contribution in [0, 0.1) is 10.1 Å². The Kier molecular flexibility index (Phi) is 7.23. The van der Waals surface area contributed by atoms with E-state index in [1.54, 1.807) is 0 Å². The molecule has 158 valence electrons. The van der Waals surface area contributed by atoms with E-state index >= 15 is 0 Å². The number of hydrogen-bond acceptors (Lipinski definition) is 7. The maximum atomic E-state index is 12.7. The Balaban J connectivity index is 2.20. The fourth-order valence-corrected chi connectivity index (χ4v) is 4.01. The number of hydrogen-bond donors (Lipinski definition) is 4. The average molecular weight is 428 g/mol. The minimum atomic E-state index is -4.21. The van der Waals surface area contributed by atoms with Gasteiger partial charge < -0.3 is 15.2 Å². The molecule has 12 nitrogen and oxygen atoms in total. The number of carbonyl (C=O) groups is 2. The van der Waals surface area contributed by atoms with Gasteiger partial charge in [0.25, 0.3) is 15.7 Å². The second-order valence-electron chi connectivity index (χ2n) is 6.36. The highest BCUT2D eigenvalue weighted by Crippen LogP contribution is 2.24. The van der Waals surface area contributed by atoms with Crippen LogP contribution in [-0.2, 0) is 19.6 Å². The number of benzene rings is 1. The number of sulfonamides is 1. The van der Waals surface area contributed by atoms with Crippen molar-refractivity contribution in [2.24, 2.45) is 0 Å². The number of nitro groups is 1. The largest absolute Gasteiger partial charge is 0.481 e. The standard InChI is InChI=1S/C16H20N4O8S/c21-13(22)7-2-1-4-10(8-9-14(23)24)19-29(27,28)16-17-11-5-3-6-12(20(25)26)15(11)18-16/h3,5-6,10,19H,1-2,4,7-9H2,(H,17,18)(H,21,22)(H,23,24). The maximum absolute atomic E-state index is 12.7. The number of carboxylic acids is 2. The Morgan fingerprint density at radius 3 is 2.48 bits per heavy atom. The van der Waals surface area contributed by atoms with Crippen molar-refractivity contribution in [3.8, 4) is 0 Å². The van der Waals surface area contributed by atoms with Crippen LogP contribution in [0.5, 0.6) is 0 Å². The van der Waals surface area contributed by atoms with Gasteiger partial charge in [0.05, 0.1) is 10.4 Å². The van der Waals surface area contributed by atoms with E-state index in [4.69, 9.17) is 10.2 Å². The van der Waals surface area contributed by atoms with Crippen LogP contribution in [0.15, 0.2) is 23.4 Å². The van der Waals surface area contributed by atoms with Gasteiger partial charge in [-0.05, 0) is 25.3 Å². The van der Waals surface area contributed by atoms with Crippen molar-refractivity contribution in [3.05, 3.63) is 28.3 Å². The van der Waals surface area contributed by atoms with Crippen LogP contribution in [0.4, 0.5) is 5.69 Å². The lowest BCUT2D eigenvalue weighted by atomic mass is 10.0. The number of imidazole rings is 1. The molecule has 2 aromatic rings. The first kappa shape index (κ1) is 22.2. The van der Waals surface area contributed by atoms with Crippen molar-refractivity contribution in [2.45, 2.75) is 49.7 Å². The highest BCUT2D eigenvalue weighted by Gasteiger charge is 2.26. The molecule has 1 unspecified atom stereocenters. The zero-order chi connectivity index (χ0) is 21.6. The number of aromatic nitrogens is 2. The monoisotopic (exact) mass is 428 g/mol. The van der Waals surface area contributed by atoms with E-state index in [0.29, 0.717) is 12.8 Å². The van der Waals surface area contributed by atoms with Crippen LogP contribution < -0.4 is 4.72 Å². The number of aromatic amines is 1. The molecule has 0 spiro atoms. The smallest absolute Gasteiger partial charge is 0.303 e. The van der Waals surface area contributed by atoms with Crippen molar-refractivity contribution < 1.29 is 33.1 Å². The van der Waals surface area contributed by atoms with E-state index in [1.165, 1.54) is 18.2 Å². The van der Waals surface area contributed by atoms with Crippen LogP contribution in [0.2, 0.25) is 0 Å². The summed E-state index contributed by atoms with van der Waals surface area (Å²) in [5.41, 5.74) is -0.291. The molecule has 0 fully saturated rings. The SMILES string of the molecule is O=C(O)CCCCC(CCC(=O)O)NS(=O)(=O)c1nc2c([N+](=O)[O-])cccc2[nH]1.